The molecule has 2 bridgehead atoms. The van der Waals surface area contributed by atoms with Gasteiger partial charge in [0.15, 0.2) is 0 Å². The molecule has 0 radical (unpaired) electrons. The minimum absolute atomic E-state index is 0.155. The van der Waals surface area contributed by atoms with Crippen molar-refractivity contribution in [1.29, 1.82) is 0 Å². The fraction of sp³-hybridized carbons (Fsp3) is 0.273. The molecule has 0 saturated carbocycles. The van der Waals surface area contributed by atoms with Crippen LogP contribution in [0.4, 0.5) is 0 Å². The summed E-state index contributed by atoms with van der Waals surface area (Å²) in [5.41, 5.74) is 2.78. The van der Waals surface area contributed by atoms with Crippen molar-refractivity contribution in [1.82, 2.24) is 5.32 Å². The summed E-state index contributed by atoms with van der Waals surface area (Å²) in [6.07, 6.45) is 7.62. The van der Waals surface area contributed by atoms with Gasteiger partial charge in [-0.1, -0.05) is 23.8 Å². The Kier molecular flexibility index (Phi) is 1.35. The number of hydrogen-bond acceptors (Lipinski definition) is 2. The maximum absolute atomic E-state index is 11.5. The molecule has 4 rings (SSSR count). The topological polar surface area (TPSA) is 46.2 Å². The molecule has 14 heavy (non-hydrogen) atoms. The number of imide groups is 1. The fourth-order valence-electron chi connectivity index (χ4n) is 2.40. The van der Waals surface area contributed by atoms with Crippen LogP contribution in [0.1, 0.15) is 12.8 Å². The standard InChI is InChI=1S/C11H9NO2/c13-10-8-6-2-1-3-7(5-4-6)9(8)11(14)12-10/h1-3,8H,4-5H2,(H,12,13,14). The molecule has 1 atom stereocenters. The van der Waals surface area contributed by atoms with Gasteiger partial charge in [0.05, 0.1) is 5.92 Å². The van der Waals surface area contributed by atoms with E-state index in [0.717, 1.165) is 24.0 Å². The summed E-state index contributed by atoms with van der Waals surface area (Å²) < 4.78 is 0. The molecule has 0 aromatic rings. The van der Waals surface area contributed by atoms with Crippen LogP contribution in [-0.4, -0.2) is 11.8 Å². The summed E-state index contributed by atoms with van der Waals surface area (Å²) in [7, 11) is 0. The zero-order valence-corrected chi connectivity index (χ0v) is 7.54. The molecule has 70 valence electrons. The molecule has 3 heteroatoms. The van der Waals surface area contributed by atoms with E-state index in [2.05, 4.69) is 5.32 Å². The predicted octanol–water partition coefficient (Wildman–Crippen LogP) is 0.846. The monoisotopic (exact) mass is 187 g/mol. The first-order valence-electron chi connectivity index (χ1n) is 4.73. The van der Waals surface area contributed by atoms with Crippen molar-refractivity contribution < 1.29 is 9.59 Å². The van der Waals surface area contributed by atoms with Crippen molar-refractivity contribution in [2.75, 3.05) is 0 Å². The van der Waals surface area contributed by atoms with Gasteiger partial charge >= 0.3 is 0 Å². The Balaban J connectivity index is 2.28. The van der Waals surface area contributed by atoms with Crippen molar-refractivity contribution in [3.8, 4) is 0 Å². The lowest BCUT2D eigenvalue weighted by Crippen LogP contribution is -2.22. The number of hydrogen-bond donors (Lipinski definition) is 1. The molecular formula is C11H9NO2. The fourth-order valence-corrected chi connectivity index (χ4v) is 2.40. The van der Waals surface area contributed by atoms with Gasteiger partial charge in [0.1, 0.15) is 0 Å². The molecule has 2 amide bonds. The van der Waals surface area contributed by atoms with Crippen LogP contribution in [0.15, 0.2) is 34.9 Å². The second-order valence-electron chi connectivity index (χ2n) is 3.79. The van der Waals surface area contributed by atoms with E-state index in [0.29, 0.717) is 5.57 Å². The number of nitrogens with one attached hydrogen (secondary N) is 1. The minimum Gasteiger partial charge on any atom is -0.292 e. The Labute approximate surface area is 81.2 Å². The quantitative estimate of drug-likeness (QED) is 0.571. The van der Waals surface area contributed by atoms with Gasteiger partial charge in [0, 0.05) is 5.57 Å². The second kappa shape index (κ2) is 2.44. The van der Waals surface area contributed by atoms with Crippen LogP contribution in [0.5, 0.6) is 0 Å². The largest absolute Gasteiger partial charge is 0.292 e. The molecule has 0 spiro atoms. The van der Waals surface area contributed by atoms with E-state index in [1.165, 1.54) is 0 Å². The number of fused-ring (bicyclic) bond motifs is 2. The van der Waals surface area contributed by atoms with Crippen molar-refractivity contribution in [3.63, 3.8) is 0 Å². The first kappa shape index (κ1) is 7.74. The van der Waals surface area contributed by atoms with Crippen molar-refractivity contribution in [2.24, 2.45) is 5.92 Å². The lowest BCUT2D eigenvalue weighted by molar-refractivity contribution is -0.125. The highest BCUT2D eigenvalue weighted by molar-refractivity contribution is 6.17. The molecule has 1 fully saturated rings. The van der Waals surface area contributed by atoms with Gasteiger partial charge in [-0.15, -0.1) is 0 Å². The van der Waals surface area contributed by atoms with E-state index in [1.54, 1.807) is 0 Å². The predicted molar refractivity (Wildman–Crippen MR) is 50.1 cm³/mol. The van der Waals surface area contributed by atoms with E-state index >= 15 is 0 Å². The Hall–Kier alpha value is -1.64. The summed E-state index contributed by atoms with van der Waals surface area (Å²) >= 11 is 0. The zero-order chi connectivity index (χ0) is 9.71. The molecular weight excluding hydrogens is 178 g/mol. The average molecular weight is 187 g/mol. The van der Waals surface area contributed by atoms with Gasteiger partial charge in [-0.05, 0) is 18.4 Å². The Morgan fingerprint density at radius 1 is 1.29 bits per heavy atom. The Bertz CT molecular complexity index is 440. The van der Waals surface area contributed by atoms with Crippen LogP contribution < -0.4 is 5.32 Å². The minimum atomic E-state index is -0.291. The zero-order valence-electron chi connectivity index (χ0n) is 7.54. The first-order chi connectivity index (χ1) is 6.77. The maximum atomic E-state index is 11.5. The summed E-state index contributed by atoms with van der Waals surface area (Å²) in [6, 6.07) is 0. The van der Waals surface area contributed by atoms with Crippen molar-refractivity contribution in [3.05, 3.63) is 34.9 Å². The van der Waals surface area contributed by atoms with Crippen LogP contribution in [0.3, 0.4) is 0 Å². The van der Waals surface area contributed by atoms with Crippen LogP contribution >= 0.6 is 0 Å². The van der Waals surface area contributed by atoms with Crippen molar-refractivity contribution >= 4 is 11.8 Å². The van der Waals surface area contributed by atoms with E-state index in [-0.39, 0.29) is 17.7 Å². The number of amides is 2. The first-order valence-corrected chi connectivity index (χ1v) is 4.73. The lowest BCUT2D eigenvalue weighted by atomic mass is 9.81. The van der Waals surface area contributed by atoms with Crippen LogP contribution in [0, 0.1) is 5.92 Å². The van der Waals surface area contributed by atoms with E-state index in [9.17, 15) is 9.59 Å². The summed E-state index contributed by atoms with van der Waals surface area (Å²) in [5.74, 6) is -0.648. The van der Waals surface area contributed by atoms with Gasteiger partial charge in [-0.2, -0.15) is 0 Å². The van der Waals surface area contributed by atoms with Crippen LogP contribution in [-0.2, 0) is 9.59 Å². The van der Waals surface area contributed by atoms with Gasteiger partial charge in [-0.3, -0.25) is 14.9 Å². The third kappa shape index (κ3) is 0.816. The smallest absolute Gasteiger partial charge is 0.255 e. The summed E-state index contributed by atoms with van der Waals surface area (Å²) in [4.78, 5) is 23.0. The Morgan fingerprint density at radius 2 is 2.14 bits per heavy atom. The molecule has 0 aromatic carbocycles. The highest BCUT2D eigenvalue weighted by atomic mass is 16.2. The summed E-state index contributed by atoms with van der Waals surface area (Å²) in [5, 5.41) is 2.38. The normalized spacial score (nSPS) is 28.9. The van der Waals surface area contributed by atoms with E-state index in [1.807, 2.05) is 18.2 Å². The molecule has 1 heterocycles. The molecule has 0 aromatic heterocycles. The third-order valence-electron chi connectivity index (χ3n) is 3.04. The van der Waals surface area contributed by atoms with Gasteiger partial charge in [-0.25, -0.2) is 0 Å². The Morgan fingerprint density at radius 3 is 3.00 bits per heavy atom. The molecule has 4 aliphatic rings. The third-order valence-corrected chi connectivity index (χ3v) is 3.04. The number of rotatable bonds is 0. The average Bonchev–Trinajstić information content (AvgIpc) is 2.42. The van der Waals surface area contributed by atoms with Gasteiger partial charge < -0.3 is 0 Å². The molecule has 1 aliphatic heterocycles. The molecule has 1 saturated heterocycles. The van der Waals surface area contributed by atoms with E-state index < -0.39 is 0 Å². The molecule has 3 aliphatic carbocycles. The molecule has 1 unspecified atom stereocenters. The SMILES string of the molecule is O=C1NC(=O)C2C3=CC=CC(=C12)CC3. The molecule has 3 nitrogen and oxygen atoms in total. The van der Waals surface area contributed by atoms with E-state index in [4.69, 9.17) is 0 Å². The number of allylic oxidation sites excluding steroid dienone is 4. The lowest BCUT2D eigenvalue weighted by Gasteiger charge is -2.19. The van der Waals surface area contributed by atoms with Crippen molar-refractivity contribution in [2.45, 2.75) is 12.8 Å². The van der Waals surface area contributed by atoms with Gasteiger partial charge in [0.25, 0.3) is 5.91 Å². The number of carbonyl (C=O) groups is 2. The molecule has 1 N–H and O–H groups in total. The van der Waals surface area contributed by atoms with Gasteiger partial charge in [0.2, 0.25) is 5.91 Å². The maximum Gasteiger partial charge on any atom is 0.255 e. The highest BCUT2D eigenvalue weighted by Gasteiger charge is 2.42. The van der Waals surface area contributed by atoms with Crippen LogP contribution in [0.2, 0.25) is 0 Å². The second-order valence-corrected chi connectivity index (χ2v) is 3.79. The van der Waals surface area contributed by atoms with Crippen LogP contribution in [0.25, 0.3) is 0 Å². The highest BCUT2D eigenvalue weighted by Crippen LogP contribution is 2.39. The number of carbonyl (C=O) groups excluding carboxylic acids is 2. The summed E-state index contributed by atoms with van der Waals surface area (Å²) in [6.45, 7) is 0.